The van der Waals surface area contributed by atoms with Crippen LogP contribution < -0.4 is 10.1 Å². The highest BCUT2D eigenvalue weighted by molar-refractivity contribution is 7.98. The van der Waals surface area contributed by atoms with Gasteiger partial charge in [-0.15, -0.1) is 11.8 Å². The summed E-state index contributed by atoms with van der Waals surface area (Å²) in [6, 6.07) is 14.2. The van der Waals surface area contributed by atoms with Gasteiger partial charge in [-0.05, 0) is 81.8 Å². The van der Waals surface area contributed by atoms with Crippen LogP contribution in [-0.4, -0.2) is 54.2 Å². The highest BCUT2D eigenvalue weighted by Gasteiger charge is 2.29. The Kier molecular flexibility index (Phi) is 8.77. The highest BCUT2D eigenvalue weighted by atomic mass is 32.2. The maximum absolute atomic E-state index is 12.6. The van der Waals surface area contributed by atoms with Gasteiger partial charge in [-0.25, -0.2) is 4.79 Å². The number of piperidine rings is 1. The van der Waals surface area contributed by atoms with E-state index in [9.17, 15) is 14.4 Å². The zero-order valence-corrected chi connectivity index (χ0v) is 20.0. The summed E-state index contributed by atoms with van der Waals surface area (Å²) < 4.78 is 10.7. The molecule has 2 aromatic rings. The summed E-state index contributed by atoms with van der Waals surface area (Å²) in [6.45, 7) is 3.70. The van der Waals surface area contributed by atoms with Gasteiger partial charge < -0.3 is 19.7 Å². The molecule has 3 rings (SSSR count). The van der Waals surface area contributed by atoms with E-state index in [0.29, 0.717) is 17.0 Å². The average molecular weight is 471 g/mol. The van der Waals surface area contributed by atoms with Gasteiger partial charge in [0.25, 0.3) is 11.8 Å². The Morgan fingerprint density at radius 1 is 1.03 bits per heavy atom. The molecular formula is C25H30N2O5S. The molecule has 1 heterocycles. The smallest absolute Gasteiger partial charge is 0.338 e. The Balaban J connectivity index is 1.45. The number of likely N-dealkylation sites (tertiary alicyclic amines) is 1. The molecule has 0 saturated carbocycles. The number of thioether (sulfide) groups is 1. The predicted molar refractivity (Wildman–Crippen MR) is 129 cm³/mol. The minimum atomic E-state index is -0.610. The summed E-state index contributed by atoms with van der Waals surface area (Å²) in [7, 11) is 0. The van der Waals surface area contributed by atoms with Gasteiger partial charge in [0.15, 0.2) is 13.2 Å². The molecule has 1 N–H and O–H groups in total. The molecule has 0 spiro atoms. The van der Waals surface area contributed by atoms with E-state index >= 15 is 0 Å². The number of hydrogen-bond donors (Lipinski definition) is 1. The Labute approximate surface area is 198 Å². The first-order valence-corrected chi connectivity index (χ1v) is 12.2. The fourth-order valence-electron chi connectivity index (χ4n) is 3.93. The van der Waals surface area contributed by atoms with E-state index in [0.717, 1.165) is 24.2 Å². The maximum Gasteiger partial charge on any atom is 0.338 e. The number of nitrogens with one attached hydrogen (secondary N) is 1. The first kappa shape index (κ1) is 24.6. The molecule has 7 nitrogen and oxygen atoms in total. The van der Waals surface area contributed by atoms with Crippen molar-refractivity contribution >= 4 is 35.2 Å². The second-order valence-corrected chi connectivity index (χ2v) is 8.98. The molecule has 0 aliphatic carbocycles. The monoisotopic (exact) mass is 470 g/mol. The second kappa shape index (κ2) is 11.7. The molecule has 1 aliphatic heterocycles. The number of esters is 1. The van der Waals surface area contributed by atoms with Gasteiger partial charge in [-0.3, -0.25) is 9.59 Å². The van der Waals surface area contributed by atoms with E-state index in [1.165, 1.54) is 0 Å². The van der Waals surface area contributed by atoms with Crippen molar-refractivity contribution in [3.05, 3.63) is 54.1 Å². The van der Waals surface area contributed by atoms with Crippen LogP contribution in [0.2, 0.25) is 0 Å². The number of carbonyl (C=O) groups is 3. The van der Waals surface area contributed by atoms with Crippen LogP contribution in [0.3, 0.4) is 0 Å². The fraction of sp³-hybridized carbons (Fsp3) is 0.400. The van der Waals surface area contributed by atoms with Gasteiger partial charge in [0, 0.05) is 22.7 Å². The topological polar surface area (TPSA) is 84.9 Å². The van der Waals surface area contributed by atoms with Crippen molar-refractivity contribution in [2.24, 2.45) is 0 Å². The van der Waals surface area contributed by atoms with E-state index < -0.39 is 11.9 Å². The van der Waals surface area contributed by atoms with E-state index in [1.54, 1.807) is 42.1 Å². The number of carbonyl (C=O) groups excluding carboxylic acids is 3. The Hall–Kier alpha value is -3.00. The van der Waals surface area contributed by atoms with Crippen molar-refractivity contribution in [3.8, 4) is 5.75 Å². The van der Waals surface area contributed by atoms with Gasteiger partial charge in [-0.1, -0.05) is 6.07 Å². The summed E-state index contributed by atoms with van der Waals surface area (Å²) >= 11 is 1.57. The predicted octanol–water partition coefficient (Wildman–Crippen LogP) is 4.37. The van der Waals surface area contributed by atoms with E-state index in [4.69, 9.17) is 9.47 Å². The molecule has 1 aliphatic rings. The van der Waals surface area contributed by atoms with Crippen LogP contribution in [0.5, 0.6) is 5.75 Å². The third kappa shape index (κ3) is 6.99. The molecule has 33 heavy (non-hydrogen) atoms. The van der Waals surface area contributed by atoms with Gasteiger partial charge in [0.2, 0.25) is 0 Å². The van der Waals surface area contributed by atoms with Gasteiger partial charge >= 0.3 is 5.97 Å². The zero-order valence-electron chi connectivity index (χ0n) is 19.2. The zero-order chi connectivity index (χ0) is 23.8. The molecule has 2 aromatic carbocycles. The summed E-state index contributed by atoms with van der Waals surface area (Å²) in [5.74, 6) is -0.571. The van der Waals surface area contributed by atoms with Crippen molar-refractivity contribution in [2.45, 2.75) is 50.1 Å². The van der Waals surface area contributed by atoms with Crippen molar-refractivity contribution in [3.63, 3.8) is 0 Å². The highest BCUT2D eigenvalue weighted by Crippen LogP contribution is 2.23. The first-order chi connectivity index (χ1) is 15.9. The number of benzene rings is 2. The third-order valence-electron chi connectivity index (χ3n) is 5.62. The van der Waals surface area contributed by atoms with Crippen molar-refractivity contribution in [1.29, 1.82) is 0 Å². The molecule has 1 saturated heterocycles. The van der Waals surface area contributed by atoms with Crippen molar-refractivity contribution < 1.29 is 23.9 Å². The number of amides is 2. The standard InChI is InChI=1S/C25H30N2O5S/c1-17-6-4-7-18(2)27(17)24(29)16-31-21-12-10-19(11-13-21)25(30)32-15-23(28)26-20-8-5-9-22(14-20)33-3/h5,8-14,17-18H,4,6-7,15-16H2,1-3H3,(H,26,28). The van der Waals surface area contributed by atoms with Crippen LogP contribution in [0.1, 0.15) is 43.5 Å². The number of anilines is 1. The number of rotatable bonds is 8. The van der Waals surface area contributed by atoms with Gasteiger partial charge in [0.1, 0.15) is 5.75 Å². The lowest BCUT2D eigenvalue weighted by atomic mass is 9.97. The minimum absolute atomic E-state index is 0.0349. The second-order valence-electron chi connectivity index (χ2n) is 8.10. The Morgan fingerprint density at radius 2 is 1.73 bits per heavy atom. The summed E-state index contributed by atoms with van der Waals surface area (Å²) in [5.41, 5.74) is 0.941. The third-order valence-corrected chi connectivity index (χ3v) is 6.35. The maximum atomic E-state index is 12.6. The first-order valence-electron chi connectivity index (χ1n) is 11.0. The van der Waals surface area contributed by atoms with E-state index in [-0.39, 0.29) is 31.2 Å². The van der Waals surface area contributed by atoms with Crippen molar-refractivity contribution in [2.75, 3.05) is 24.8 Å². The van der Waals surface area contributed by atoms with Crippen LogP contribution in [0.4, 0.5) is 5.69 Å². The molecule has 2 amide bonds. The Bertz CT molecular complexity index is 969. The van der Waals surface area contributed by atoms with Crippen LogP contribution in [0, 0.1) is 0 Å². The molecule has 0 bridgehead atoms. The van der Waals surface area contributed by atoms with E-state index in [1.807, 2.05) is 29.4 Å². The minimum Gasteiger partial charge on any atom is -0.484 e. The van der Waals surface area contributed by atoms with Crippen LogP contribution in [0.15, 0.2) is 53.4 Å². The van der Waals surface area contributed by atoms with E-state index in [2.05, 4.69) is 19.2 Å². The van der Waals surface area contributed by atoms with Gasteiger partial charge in [-0.2, -0.15) is 0 Å². The quantitative estimate of drug-likeness (QED) is 0.456. The van der Waals surface area contributed by atoms with Crippen LogP contribution in [0.25, 0.3) is 0 Å². The lowest BCUT2D eigenvalue weighted by Gasteiger charge is -2.38. The lowest BCUT2D eigenvalue weighted by molar-refractivity contribution is -0.139. The number of hydrogen-bond acceptors (Lipinski definition) is 6. The van der Waals surface area contributed by atoms with Gasteiger partial charge in [0.05, 0.1) is 5.56 Å². The summed E-state index contributed by atoms with van der Waals surface area (Å²) in [4.78, 5) is 39.8. The molecule has 0 aromatic heterocycles. The van der Waals surface area contributed by atoms with Crippen LogP contribution in [-0.2, 0) is 14.3 Å². The largest absolute Gasteiger partial charge is 0.484 e. The normalized spacial score (nSPS) is 17.8. The molecule has 8 heteroatoms. The summed E-state index contributed by atoms with van der Waals surface area (Å²) in [6.07, 6.45) is 5.11. The molecular weight excluding hydrogens is 440 g/mol. The fourth-order valence-corrected chi connectivity index (χ4v) is 4.39. The molecule has 2 atom stereocenters. The Morgan fingerprint density at radius 3 is 2.39 bits per heavy atom. The van der Waals surface area contributed by atoms with Crippen LogP contribution >= 0.6 is 11.8 Å². The number of ether oxygens (including phenoxy) is 2. The SMILES string of the molecule is CSc1cccc(NC(=O)COC(=O)c2ccc(OCC(=O)N3C(C)CCCC3C)cc2)c1. The molecule has 176 valence electrons. The molecule has 2 unspecified atom stereocenters. The lowest BCUT2D eigenvalue weighted by Crippen LogP contribution is -2.49. The molecule has 1 fully saturated rings. The van der Waals surface area contributed by atoms with Crippen molar-refractivity contribution in [1.82, 2.24) is 4.90 Å². The molecule has 0 radical (unpaired) electrons. The number of nitrogens with zero attached hydrogens (tertiary/aromatic N) is 1. The average Bonchev–Trinajstić information content (AvgIpc) is 2.81. The summed E-state index contributed by atoms with van der Waals surface area (Å²) in [5, 5.41) is 2.71.